The van der Waals surface area contributed by atoms with E-state index in [1.54, 1.807) is 17.0 Å². The molecular weight excluding hydrogens is 455 g/mol. The van der Waals surface area contributed by atoms with Crippen molar-refractivity contribution in [3.05, 3.63) is 36.0 Å². The van der Waals surface area contributed by atoms with Crippen LogP contribution in [0.15, 0.2) is 34.9 Å². The molecule has 1 aromatic heterocycles. The van der Waals surface area contributed by atoms with Crippen LogP contribution in [-0.2, 0) is 6.54 Å². The lowest BCUT2D eigenvalue weighted by Crippen LogP contribution is -2.56. The number of halogens is 3. The van der Waals surface area contributed by atoms with Crippen LogP contribution in [0.3, 0.4) is 0 Å². The van der Waals surface area contributed by atoms with Gasteiger partial charge >= 0.3 is 18.4 Å². The monoisotopic (exact) mass is 479 g/mol. The number of rotatable bonds is 6. The van der Waals surface area contributed by atoms with E-state index in [1.807, 2.05) is 4.90 Å². The molecule has 5 rings (SSSR count). The first-order valence-electron chi connectivity index (χ1n) is 11.1. The van der Waals surface area contributed by atoms with Crippen LogP contribution in [0.1, 0.15) is 31.4 Å². The lowest BCUT2D eigenvalue weighted by Gasteiger charge is -2.38. The van der Waals surface area contributed by atoms with Gasteiger partial charge in [-0.3, -0.25) is 0 Å². The average Bonchev–Trinajstić information content (AvgIpc) is 3.69. The van der Waals surface area contributed by atoms with E-state index in [9.17, 15) is 22.8 Å². The van der Waals surface area contributed by atoms with E-state index < -0.39 is 12.4 Å². The summed E-state index contributed by atoms with van der Waals surface area (Å²) in [6, 6.07) is 6.48. The van der Waals surface area contributed by atoms with E-state index in [0.29, 0.717) is 23.7 Å². The van der Waals surface area contributed by atoms with Gasteiger partial charge in [-0.2, -0.15) is 0 Å². The van der Waals surface area contributed by atoms with Gasteiger partial charge < -0.3 is 30.1 Å². The molecule has 1 aromatic carbocycles. The maximum absolute atomic E-state index is 13.0. The summed E-state index contributed by atoms with van der Waals surface area (Å²) in [5.41, 5.74) is 6.31. The fourth-order valence-electron chi connectivity index (χ4n) is 4.73. The van der Waals surface area contributed by atoms with Crippen molar-refractivity contribution < 1.29 is 32.0 Å². The average molecular weight is 479 g/mol. The molecule has 3 atom stereocenters. The summed E-state index contributed by atoms with van der Waals surface area (Å²) >= 11 is 0. The van der Waals surface area contributed by atoms with Crippen molar-refractivity contribution in [3.8, 4) is 17.1 Å². The molecule has 4 amide bonds. The Hall–Kier alpha value is -3.44. The molecule has 0 radical (unpaired) electrons. The molecule has 12 heteroatoms. The number of benzene rings is 1. The molecule has 3 aliphatic rings. The van der Waals surface area contributed by atoms with Gasteiger partial charge in [-0.05, 0) is 43.7 Å². The zero-order valence-electron chi connectivity index (χ0n) is 18.1. The van der Waals surface area contributed by atoms with Crippen LogP contribution in [0.5, 0.6) is 5.75 Å². The minimum absolute atomic E-state index is 0.0859. The minimum Gasteiger partial charge on any atom is -0.406 e. The Labute approximate surface area is 193 Å². The molecule has 1 saturated heterocycles. The number of carbonyl (C=O) groups excluding carboxylic acids is 2. The van der Waals surface area contributed by atoms with E-state index in [1.165, 1.54) is 18.2 Å². The first-order chi connectivity index (χ1) is 16.2. The highest BCUT2D eigenvalue weighted by atomic mass is 19.4. The highest BCUT2D eigenvalue weighted by molar-refractivity contribution is 5.76. The van der Waals surface area contributed by atoms with Crippen molar-refractivity contribution in [1.82, 2.24) is 20.3 Å². The van der Waals surface area contributed by atoms with Crippen molar-refractivity contribution in [2.45, 2.75) is 56.7 Å². The van der Waals surface area contributed by atoms with Gasteiger partial charge in [0.25, 0.3) is 0 Å². The third kappa shape index (κ3) is 4.90. The Kier molecular flexibility index (Phi) is 5.53. The summed E-state index contributed by atoms with van der Waals surface area (Å²) in [6.07, 6.45) is -1.19. The number of carbonyl (C=O) groups is 2. The topological polar surface area (TPSA) is 114 Å². The maximum atomic E-state index is 13.0. The zero-order valence-corrected chi connectivity index (χ0v) is 18.1. The van der Waals surface area contributed by atoms with Crippen LogP contribution in [-0.4, -0.2) is 58.1 Å². The molecule has 2 unspecified atom stereocenters. The van der Waals surface area contributed by atoms with E-state index in [4.69, 9.17) is 10.3 Å². The lowest BCUT2D eigenvalue weighted by molar-refractivity contribution is -0.274. The number of urea groups is 2. The standard InChI is InChI=1S/C22H24F3N5O4/c23-22(24,25)33-17-3-1-2-12(7-17)19-9-14(28-34-19)10-27-21(32)30(15-4-5-15)16-6-13-8-18(13)29(11-16)20(26)31/h1-3,7,9,13,15-16,18H,4-6,8,10-11H2,(H2,26,31)(H,27,32)/t13?,16-,18?/m1/s1. The van der Waals surface area contributed by atoms with Gasteiger partial charge in [-0.25, -0.2) is 9.59 Å². The van der Waals surface area contributed by atoms with Crippen LogP contribution in [0, 0.1) is 5.92 Å². The molecule has 2 aliphatic carbocycles. The Balaban J connectivity index is 1.22. The van der Waals surface area contributed by atoms with Crippen molar-refractivity contribution >= 4 is 12.1 Å². The van der Waals surface area contributed by atoms with Crippen molar-refractivity contribution in [3.63, 3.8) is 0 Å². The quantitative estimate of drug-likeness (QED) is 0.659. The number of piperidine rings is 1. The SMILES string of the molecule is NC(=O)N1C[C@H](N(C(=O)NCc2cc(-c3cccc(OC(F)(F)F)c3)on2)C2CC2)CC2CC21. The number of primary amides is 1. The molecule has 3 N–H and O–H groups in total. The number of nitrogens with two attached hydrogens (primary N) is 1. The Morgan fingerprint density at radius 3 is 2.74 bits per heavy atom. The first kappa shape index (κ1) is 22.4. The third-order valence-electron chi connectivity index (χ3n) is 6.45. The summed E-state index contributed by atoms with van der Waals surface area (Å²) in [4.78, 5) is 28.3. The van der Waals surface area contributed by atoms with E-state index in [-0.39, 0.29) is 42.2 Å². The number of hydrogen-bond donors (Lipinski definition) is 2. The van der Waals surface area contributed by atoms with Gasteiger partial charge in [0.15, 0.2) is 5.76 Å². The Morgan fingerprint density at radius 2 is 2.03 bits per heavy atom. The first-order valence-corrected chi connectivity index (χ1v) is 11.1. The van der Waals surface area contributed by atoms with Gasteiger partial charge in [0.05, 0.1) is 12.6 Å². The number of alkyl halides is 3. The largest absolute Gasteiger partial charge is 0.573 e. The Bertz CT molecular complexity index is 1090. The maximum Gasteiger partial charge on any atom is 0.573 e. The molecule has 3 fully saturated rings. The van der Waals surface area contributed by atoms with Gasteiger partial charge in [-0.15, -0.1) is 13.2 Å². The third-order valence-corrected chi connectivity index (χ3v) is 6.45. The number of amides is 4. The molecule has 0 spiro atoms. The van der Waals surface area contributed by atoms with Gasteiger partial charge in [0.2, 0.25) is 0 Å². The summed E-state index contributed by atoms with van der Waals surface area (Å²) < 4.78 is 46.6. The van der Waals surface area contributed by atoms with Crippen LogP contribution in [0.2, 0.25) is 0 Å². The summed E-state index contributed by atoms with van der Waals surface area (Å²) in [6.45, 7) is 0.521. The van der Waals surface area contributed by atoms with Crippen molar-refractivity contribution in [2.24, 2.45) is 11.7 Å². The van der Waals surface area contributed by atoms with Crippen LogP contribution in [0.4, 0.5) is 22.8 Å². The van der Waals surface area contributed by atoms with Gasteiger partial charge in [0, 0.05) is 30.3 Å². The second kappa shape index (κ2) is 8.41. The summed E-state index contributed by atoms with van der Waals surface area (Å²) in [5, 5.41) is 6.77. The molecule has 1 aliphatic heterocycles. The second-order valence-corrected chi connectivity index (χ2v) is 9.00. The predicted octanol–water partition coefficient (Wildman–Crippen LogP) is 3.46. The summed E-state index contributed by atoms with van der Waals surface area (Å²) in [5.74, 6) is 0.266. The highest BCUT2D eigenvalue weighted by Crippen LogP contribution is 2.45. The van der Waals surface area contributed by atoms with Crippen LogP contribution in [0.25, 0.3) is 11.3 Å². The number of nitrogens with one attached hydrogen (secondary N) is 1. The Morgan fingerprint density at radius 1 is 1.24 bits per heavy atom. The summed E-state index contributed by atoms with van der Waals surface area (Å²) in [7, 11) is 0. The van der Waals surface area contributed by atoms with Gasteiger partial charge in [-0.1, -0.05) is 17.3 Å². The minimum atomic E-state index is -4.80. The molecule has 2 saturated carbocycles. The molecule has 2 heterocycles. The van der Waals surface area contributed by atoms with Crippen LogP contribution < -0.4 is 15.8 Å². The molecular formula is C22H24F3N5O4. The number of nitrogens with zero attached hydrogens (tertiary/aromatic N) is 3. The molecule has 34 heavy (non-hydrogen) atoms. The van der Waals surface area contributed by atoms with E-state index in [2.05, 4.69) is 15.2 Å². The highest BCUT2D eigenvalue weighted by Gasteiger charge is 2.52. The molecule has 9 nitrogen and oxygen atoms in total. The smallest absolute Gasteiger partial charge is 0.406 e. The number of fused-ring (bicyclic) bond motifs is 1. The molecule has 2 aromatic rings. The van der Waals surface area contributed by atoms with Crippen LogP contribution >= 0.6 is 0 Å². The number of hydrogen-bond acceptors (Lipinski definition) is 5. The fraction of sp³-hybridized carbons (Fsp3) is 0.500. The number of aromatic nitrogens is 1. The second-order valence-electron chi connectivity index (χ2n) is 9.00. The number of ether oxygens (including phenoxy) is 1. The molecule has 0 bridgehead atoms. The van der Waals surface area contributed by atoms with E-state index >= 15 is 0 Å². The van der Waals surface area contributed by atoms with Gasteiger partial charge in [0.1, 0.15) is 11.4 Å². The predicted molar refractivity (Wildman–Crippen MR) is 112 cm³/mol. The van der Waals surface area contributed by atoms with Crippen molar-refractivity contribution in [1.29, 1.82) is 0 Å². The number of likely N-dealkylation sites (tertiary alicyclic amines) is 1. The zero-order chi connectivity index (χ0) is 24.0. The van der Waals surface area contributed by atoms with E-state index in [0.717, 1.165) is 25.7 Å². The normalized spacial score (nSPS) is 23.7. The van der Waals surface area contributed by atoms with Crippen molar-refractivity contribution in [2.75, 3.05) is 6.54 Å². The fourth-order valence-corrected chi connectivity index (χ4v) is 4.73. The molecule has 182 valence electrons. The lowest BCUT2D eigenvalue weighted by atomic mass is 10.0.